The lowest BCUT2D eigenvalue weighted by atomic mass is 10.0. The quantitative estimate of drug-likeness (QED) is 0.407. The van der Waals surface area contributed by atoms with Gasteiger partial charge in [0.25, 0.3) is 0 Å². The minimum Gasteiger partial charge on any atom is -0.257 e. The monoisotopic (exact) mass is 360 g/mol. The van der Waals surface area contributed by atoms with Crippen molar-refractivity contribution in [2.75, 3.05) is 0 Å². The maximum absolute atomic E-state index is 4.31. The van der Waals surface area contributed by atoms with Crippen LogP contribution in [0, 0.1) is 0 Å². The Kier molecular flexibility index (Phi) is 5.50. The predicted octanol–water partition coefficient (Wildman–Crippen LogP) is 6.48. The highest BCUT2D eigenvalue weighted by Crippen LogP contribution is 2.21. The molecular weight excluding hydrogens is 340 g/mol. The summed E-state index contributed by atoms with van der Waals surface area (Å²) in [5, 5.41) is 0. The standard InChI is InChI=1S/C26H20N2/c1-3-19-27-25(5-1)17-11-21-7-13-23(14-8-21)24-15-9-22(10-16-24)12-18-26-6-2-4-20-28-26/h1-20H/b17-11+,18-12+. The molecule has 2 nitrogen and oxygen atoms in total. The second-order valence-electron chi connectivity index (χ2n) is 6.42. The molecule has 0 saturated carbocycles. The third-order valence-corrected chi connectivity index (χ3v) is 4.42. The van der Waals surface area contributed by atoms with Gasteiger partial charge in [0.05, 0.1) is 11.4 Å². The Labute approximate surface area is 165 Å². The fourth-order valence-corrected chi connectivity index (χ4v) is 2.89. The highest BCUT2D eigenvalue weighted by Gasteiger charge is 1.98. The first-order chi connectivity index (χ1) is 13.9. The summed E-state index contributed by atoms with van der Waals surface area (Å²) >= 11 is 0. The Balaban J connectivity index is 1.44. The third-order valence-electron chi connectivity index (χ3n) is 4.42. The zero-order chi connectivity index (χ0) is 19.0. The Hall–Kier alpha value is -3.78. The van der Waals surface area contributed by atoms with Gasteiger partial charge in [0.2, 0.25) is 0 Å². The maximum Gasteiger partial charge on any atom is 0.0629 e. The molecule has 0 N–H and O–H groups in total. The SMILES string of the molecule is C(=C\c1ccccn1)/c1ccc(-c2ccc(/C=C/c3ccccn3)cc2)cc1. The average molecular weight is 360 g/mol. The number of hydrogen-bond donors (Lipinski definition) is 0. The molecule has 28 heavy (non-hydrogen) atoms. The third kappa shape index (κ3) is 4.68. The second kappa shape index (κ2) is 8.74. The first kappa shape index (κ1) is 17.6. The highest BCUT2D eigenvalue weighted by atomic mass is 14.7. The molecule has 0 fully saturated rings. The van der Waals surface area contributed by atoms with Crippen molar-refractivity contribution in [1.29, 1.82) is 0 Å². The average Bonchev–Trinajstić information content (AvgIpc) is 2.78. The predicted molar refractivity (Wildman–Crippen MR) is 118 cm³/mol. The van der Waals surface area contributed by atoms with Crippen LogP contribution in [0.15, 0.2) is 97.3 Å². The van der Waals surface area contributed by atoms with Crippen molar-refractivity contribution in [1.82, 2.24) is 9.97 Å². The van der Waals surface area contributed by atoms with E-state index in [9.17, 15) is 0 Å². The molecule has 4 aromatic rings. The van der Waals surface area contributed by atoms with Gasteiger partial charge in [0.1, 0.15) is 0 Å². The van der Waals surface area contributed by atoms with Crippen molar-refractivity contribution in [3.05, 3.63) is 120 Å². The van der Waals surface area contributed by atoms with Gasteiger partial charge in [0, 0.05) is 12.4 Å². The summed E-state index contributed by atoms with van der Waals surface area (Å²) in [6.07, 6.45) is 11.8. The van der Waals surface area contributed by atoms with Crippen molar-refractivity contribution in [3.8, 4) is 11.1 Å². The zero-order valence-electron chi connectivity index (χ0n) is 15.4. The molecule has 2 aromatic heterocycles. The fourth-order valence-electron chi connectivity index (χ4n) is 2.89. The minimum absolute atomic E-state index is 0.959. The minimum atomic E-state index is 0.959. The smallest absolute Gasteiger partial charge is 0.0629 e. The summed E-state index contributed by atoms with van der Waals surface area (Å²) in [5.41, 5.74) is 6.64. The lowest BCUT2D eigenvalue weighted by molar-refractivity contribution is 1.30. The van der Waals surface area contributed by atoms with Crippen LogP contribution in [0.1, 0.15) is 22.5 Å². The van der Waals surface area contributed by atoms with Crippen LogP contribution in [0.5, 0.6) is 0 Å². The van der Waals surface area contributed by atoms with Gasteiger partial charge >= 0.3 is 0 Å². The topological polar surface area (TPSA) is 25.8 Å². The van der Waals surface area contributed by atoms with Crippen molar-refractivity contribution in [3.63, 3.8) is 0 Å². The normalized spacial score (nSPS) is 11.3. The molecule has 0 aliphatic rings. The maximum atomic E-state index is 4.31. The van der Waals surface area contributed by atoms with E-state index in [-0.39, 0.29) is 0 Å². The highest BCUT2D eigenvalue weighted by molar-refractivity contribution is 5.73. The molecule has 0 unspecified atom stereocenters. The van der Waals surface area contributed by atoms with Crippen LogP contribution in [0.25, 0.3) is 35.4 Å². The van der Waals surface area contributed by atoms with Gasteiger partial charge in [-0.3, -0.25) is 9.97 Å². The van der Waals surface area contributed by atoms with E-state index >= 15 is 0 Å². The summed E-state index contributed by atoms with van der Waals surface area (Å²) in [4.78, 5) is 8.61. The summed E-state index contributed by atoms with van der Waals surface area (Å²) in [7, 11) is 0. The van der Waals surface area contributed by atoms with E-state index in [0.717, 1.165) is 22.5 Å². The first-order valence-corrected chi connectivity index (χ1v) is 9.26. The van der Waals surface area contributed by atoms with E-state index in [4.69, 9.17) is 0 Å². The molecule has 0 radical (unpaired) electrons. The lowest BCUT2D eigenvalue weighted by Gasteiger charge is -2.03. The molecule has 0 saturated heterocycles. The Morgan fingerprint density at radius 1 is 0.429 bits per heavy atom. The molecule has 4 rings (SSSR count). The number of aromatic nitrogens is 2. The Morgan fingerprint density at radius 3 is 1.21 bits per heavy atom. The number of pyridine rings is 2. The van der Waals surface area contributed by atoms with Gasteiger partial charge in [-0.15, -0.1) is 0 Å². The molecule has 134 valence electrons. The van der Waals surface area contributed by atoms with E-state index in [1.165, 1.54) is 11.1 Å². The zero-order valence-corrected chi connectivity index (χ0v) is 15.4. The number of rotatable bonds is 5. The van der Waals surface area contributed by atoms with Gasteiger partial charge in [-0.05, 0) is 58.7 Å². The van der Waals surface area contributed by atoms with Gasteiger partial charge in [0.15, 0.2) is 0 Å². The first-order valence-electron chi connectivity index (χ1n) is 9.26. The fraction of sp³-hybridized carbons (Fsp3) is 0. The molecule has 0 bridgehead atoms. The number of nitrogens with zero attached hydrogens (tertiary/aromatic N) is 2. The summed E-state index contributed by atoms with van der Waals surface area (Å²) in [6, 6.07) is 28.9. The van der Waals surface area contributed by atoms with E-state index in [1.807, 2.05) is 48.6 Å². The van der Waals surface area contributed by atoms with Crippen molar-refractivity contribution < 1.29 is 0 Å². The van der Waals surface area contributed by atoms with E-state index < -0.39 is 0 Å². The van der Waals surface area contributed by atoms with E-state index in [1.54, 1.807) is 12.4 Å². The van der Waals surface area contributed by atoms with Crippen molar-refractivity contribution >= 4 is 24.3 Å². The van der Waals surface area contributed by atoms with Crippen LogP contribution in [0.2, 0.25) is 0 Å². The Bertz CT molecular complexity index is 972. The summed E-state index contributed by atoms with van der Waals surface area (Å²) in [5.74, 6) is 0. The van der Waals surface area contributed by atoms with Crippen LogP contribution < -0.4 is 0 Å². The Morgan fingerprint density at radius 2 is 0.857 bits per heavy atom. The van der Waals surface area contributed by atoms with Gasteiger partial charge < -0.3 is 0 Å². The van der Waals surface area contributed by atoms with Crippen molar-refractivity contribution in [2.24, 2.45) is 0 Å². The molecule has 0 amide bonds. The molecule has 2 aromatic carbocycles. The second-order valence-corrected chi connectivity index (χ2v) is 6.42. The molecule has 0 aliphatic heterocycles. The van der Waals surface area contributed by atoms with Crippen LogP contribution >= 0.6 is 0 Å². The van der Waals surface area contributed by atoms with Gasteiger partial charge in [-0.2, -0.15) is 0 Å². The van der Waals surface area contributed by atoms with Crippen LogP contribution in [-0.4, -0.2) is 9.97 Å². The summed E-state index contributed by atoms with van der Waals surface area (Å²) < 4.78 is 0. The van der Waals surface area contributed by atoms with E-state index in [0.29, 0.717) is 0 Å². The molecule has 2 heteroatoms. The summed E-state index contributed by atoms with van der Waals surface area (Å²) in [6.45, 7) is 0. The molecular formula is C26H20N2. The number of hydrogen-bond acceptors (Lipinski definition) is 2. The van der Waals surface area contributed by atoms with E-state index in [2.05, 4.69) is 70.7 Å². The van der Waals surface area contributed by atoms with Gasteiger partial charge in [-0.25, -0.2) is 0 Å². The largest absolute Gasteiger partial charge is 0.257 e. The molecule has 0 atom stereocenters. The van der Waals surface area contributed by atoms with Gasteiger partial charge in [-0.1, -0.05) is 72.8 Å². The molecule has 0 aliphatic carbocycles. The van der Waals surface area contributed by atoms with Crippen LogP contribution in [0.4, 0.5) is 0 Å². The molecule has 2 heterocycles. The van der Waals surface area contributed by atoms with Crippen molar-refractivity contribution in [2.45, 2.75) is 0 Å². The lowest BCUT2D eigenvalue weighted by Crippen LogP contribution is -1.81. The molecule has 0 spiro atoms. The van der Waals surface area contributed by atoms with Crippen LogP contribution in [0.3, 0.4) is 0 Å². The number of benzene rings is 2. The van der Waals surface area contributed by atoms with Crippen LogP contribution in [-0.2, 0) is 0 Å².